The van der Waals surface area contributed by atoms with Gasteiger partial charge in [-0.3, -0.25) is 9.69 Å². The number of likely N-dealkylation sites (tertiary alicyclic amines) is 2. The first-order valence-corrected chi connectivity index (χ1v) is 10.1. The number of aliphatic hydroxyl groups excluding tert-OH is 1. The number of β-amino-alcohol motifs (C(OH)–C–C–N with tert-alkyl or cyclic N) is 1. The van der Waals surface area contributed by atoms with Gasteiger partial charge in [-0.25, -0.2) is 0 Å². The van der Waals surface area contributed by atoms with E-state index in [1.54, 1.807) is 0 Å². The number of hydrogen-bond donors (Lipinski definition) is 2. The van der Waals surface area contributed by atoms with Crippen molar-refractivity contribution >= 4 is 5.91 Å². The molecular formula is C21H33N3O2. The molecule has 1 atom stereocenters. The van der Waals surface area contributed by atoms with Crippen molar-refractivity contribution in [1.29, 1.82) is 0 Å². The van der Waals surface area contributed by atoms with Crippen molar-refractivity contribution < 1.29 is 9.90 Å². The van der Waals surface area contributed by atoms with Crippen LogP contribution in [0.15, 0.2) is 30.3 Å². The van der Waals surface area contributed by atoms with Crippen LogP contribution < -0.4 is 5.32 Å². The van der Waals surface area contributed by atoms with Gasteiger partial charge in [-0.2, -0.15) is 0 Å². The number of benzene rings is 1. The first-order chi connectivity index (χ1) is 12.7. The third-order valence-corrected chi connectivity index (χ3v) is 5.79. The van der Waals surface area contributed by atoms with Crippen molar-refractivity contribution in [3.8, 4) is 0 Å². The molecule has 2 fully saturated rings. The zero-order chi connectivity index (χ0) is 18.2. The average molecular weight is 360 g/mol. The summed E-state index contributed by atoms with van der Waals surface area (Å²) in [5.74, 6) is 0.878. The van der Waals surface area contributed by atoms with Gasteiger partial charge >= 0.3 is 0 Å². The van der Waals surface area contributed by atoms with Crippen molar-refractivity contribution in [1.82, 2.24) is 15.1 Å². The molecule has 0 bridgehead atoms. The van der Waals surface area contributed by atoms with E-state index in [0.717, 1.165) is 65.0 Å². The molecular weight excluding hydrogens is 326 g/mol. The van der Waals surface area contributed by atoms with Gasteiger partial charge in [0.25, 0.3) is 0 Å². The monoisotopic (exact) mass is 359 g/mol. The van der Waals surface area contributed by atoms with Gasteiger partial charge in [0.1, 0.15) is 0 Å². The molecule has 2 heterocycles. The van der Waals surface area contributed by atoms with Gasteiger partial charge in [-0.15, -0.1) is 0 Å². The van der Waals surface area contributed by atoms with Crippen LogP contribution in [0, 0.1) is 5.92 Å². The molecule has 0 spiro atoms. The number of carbonyl (C=O) groups is 1. The van der Waals surface area contributed by atoms with E-state index in [-0.39, 0.29) is 12.5 Å². The van der Waals surface area contributed by atoms with Crippen LogP contribution in [-0.2, 0) is 11.3 Å². The van der Waals surface area contributed by atoms with Crippen LogP contribution in [0.1, 0.15) is 37.7 Å². The Balaban J connectivity index is 1.31. The number of nitrogens with zero attached hydrogens (tertiary/aromatic N) is 2. The summed E-state index contributed by atoms with van der Waals surface area (Å²) in [6.07, 6.45) is 5.01. The summed E-state index contributed by atoms with van der Waals surface area (Å²) in [4.78, 5) is 17.0. The molecule has 2 saturated heterocycles. The van der Waals surface area contributed by atoms with Crippen molar-refractivity contribution in [2.75, 3.05) is 39.3 Å². The maximum absolute atomic E-state index is 12.3. The minimum absolute atomic E-state index is 0.217. The van der Waals surface area contributed by atoms with E-state index in [1.807, 2.05) is 6.07 Å². The molecule has 2 aliphatic heterocycles. The minimum Gasteiger partial charge on any atom is -0.395 e. The summed E-state index contributed by atoms with van der Waals surface area (Å²) >= 11 is 0. The minimum atomic E-state index is 0.217. The summed E-state index contributed by atoms with van der Waals surface area (Å²) in [5, 5.41) is 12.2. The molecule has 3 rings (SSSR count). The first-order valence-electron chi connectivity index (χ1n) is 10.1. The summed E-state index contributed by atoms with van der Waals surface area (Å²) < 4.78 is 0. The van der Waals surface area contributed by atoms with Crippen LogP contribution in [0.3, 0.4) is 0 Å². The van der Waals surface area contributed by atoms with E-state index in [2.05, 4.69) is 39.4 Å². The highest BCUT2D eigenvalue weighted by molar-refractivity contribution is 5.76. The summed E-state index contributed by atoms with van der Waals surface area (Å²) in [6, 6.07) is 10.8. The molecule has 0 radical (unpaired) electrons. The number of hydrogen-bond acceptors (Lipinski definition) is 4. The predicted octanol–water partition coefficient (Wildman–Crippen LogP) is 1.86. The highest BCUT2D eigenvalue weighted by Gasteiger charge is 2.24. The zero-order valence-electron chi connectivity index (χ0n) is 15.8. The lowest BCUT2D eigenvalue weighted by atomic mass is 9.92. The number of amides is 1. The predicted molar refractivity (Wildman–Crippen MR) is 104 cm³/mol. The van der Waals surface area contributed by atoms with Gasteiger partial charge in [0.2, 0.25) is 5.91 Å². The molecule has 1 aromatic carbocycles. The zero-order valence-corrected chi connectivity index (χ0v) is 15.8. The van der Waals surface area contributed by atoms with Gasteiger partial charge < -0.3 is 15.3 Å². The van der Waals surface area contributed by atoms with Gasteiger partial charge in [0, 0.05) is 38.6 Å². The number of carbonyl (C=O) groups excluding carboxylic acids is 1. The van der Waals surface area contributed by atoms with Gasteiger partial charge in [0.15, 0.2) is 0 Å². The molecule has 2 N–H and O–H groups in total. The highest BCUT2D eigenvalue weighted by atomic mass is 16.3. The summed E-state index contributed by atoms with van der Waals surface area (Å²) in [7, 11) is 0. The van der Waals surface area contributed by atoms with Gasteiger partial charge in [-0.05, 0) is 50.3 Å². The lowest BCUT2D eigenvalue weighted by Crippen LogP contribution is -2.38. The molecule has 0 saturated carbocycles. The Kier molecular flexibility index (Phi) is 7.47. The fraction of sp³-hybridized carbons (Fsp3) is 0.667. The number of piperidine rings is 1. The van der Waals surface area contributed by atoms with E-state index in [9.17, 15) is 4.79 Å². The van der Waals surface area contributed by atoms with E-state index in [4.69, 9.17) is 5.11 Å². The molecule has 0 aromatic heterocycles. The molecule has 144 valence electrons. The van der Waals surface area contributed by atoms with Crippen LogP contribution in [0.2, 0.25) is 0 Å². The Morgan fingerprint density at radius 3 is 2.54 bits per heavy atom. The lowest BCUT2D eigenvalue weighted by Gasteiger charge is -2.31. The second-order valence-corrected chi connectivity index (χ2v) is 7.82. The number of aliphatic hydroxyl groups is 1. The van der Waals surface area contributed by atoms with Crippen LogP contribution in [0.5, 0.6) is 0 Å². The second kappa shape index (κ2) is 10.0. The van der Waals surface area contributed by atoms with Crippen LogP contribution in [0.25, 0.3) is 0 Å². The molecule has 0 aliphatic carbocycles. The van der Waals surface area contributed by atoms with E-state index in [1.165, 1.54) is 5.56 Å². The molecule has 5 nitrogen and oxygen atoms in total. The maximum Gasteiger partial charge on any atom is 0.220 e. The topological polar surface area (TPSA) is 55.8 Å². The fourth-order valence-electron chi connectivity index (χ4n) is 4.21. The normalized spacial score (nSPS) is 22.6. The maximum atomic E-state index is 12.3. The Labute approximate surface area is 157 Å². The van der Waals surface area contributed by atoms with E-state index in [0.29, 0.717) is 18.4 Å². The Morgan fingerprint density at radius 1 is 1.08 bits per heavy atom. The van der Waals surface area contributed by atoms with Crippen molar-refractivity contribution in [3.05, 3.63) is 35.9 Å². The van der Waals surface area contributed by atoms with E-state index < -0.39 is 0 Å². The van der Waals surface area contributed by atoms with Gasteiger partial charge in [-0.1, -0.05) is 30.3 Å². The van der Waals surface area contributed by atoms with Crippen molar-refractivity contribution in [3.63, 3.8) is 0 Å². The summed E-state index contributed by atoms with van der Waals surface area (Å²) in [6.45, 7) is 6.14. The quantitative estimate of drug-likeness (QED) is 0.744. The van der Waals surface area contributed by atoms with E-state index >= 15 is 0 Å². The van der Waals surface area contributed by atoms with Crippen LogP contribution in [-0.4, -0.2) is 66.2 Å². The number of nitrogens with one attached hydrogen (secondary N) is 1. The van der Waals surface area contributed by atoms with Crippen LogP contribution in [0.4, 0.5) is 0 Å². The second-order valence-electron chi connectivity index (χ2n) is 7.82. The molecule has 2 aliphatic rings. The standard InChI is InChI=1S/C21H33N3O2/c25-15-14-23-11-8-18(9-12-23)6-7-21(26)22-20-10-13-24(17-20)16-19-4-2-1-3-5-19/h1-5,18,20,25H,6-17H2,(H,22,26)/t20-/m1/s1. The molecule has 1 amide bonds. The Morgan fingerprint density at radius 2 is 1.81 bits per heavy atom. The molecule has 1 aromatic rings. The smallest absolute Gasteiger partial charge is 0.220 e. The van der Waals surface area contributed by atoms with Crippen molar-refractivity contribution in [2.24, 2.45) is 5.92 Å². The number of rotatable bonds is 8. The lowest BCUT2D eigenvalue weighted by molar-refractivity contribution is -0.122. The Bertz CT molecular complexity index is 543. The largest absolute Gasteiger partial charge is 0.395 e. The highest BCUT2D eigenvalue weighted by Crippen LogP contribution is 2.22. The Hall–Kier alpha value is -1.43. The molecule has 0 unspecified atom stereocenters. The van der Waals surface area contributed by atoms with Crippen LogP contribution >= 0.6 is 0 Å². The fourth-order valence-corrected chi connectivity index (χ4v) is 4.21. The van der Waals surface area contributed by atoms with Crippen molar-refractivity contribution in [2.45, 2.75) is 44.7 Å². The summed E-state index contributed by atoms with van der Waals surface area (Å²) in [5.41, 5.74) is 1.34. The molecule has 5 heteroatoms. The third-order valence-electron chi connectivity index (χ3n) is 5.79. The average Bonchev–Trinajstić information content (AvgIpc) is 3.09. The molecule has 26 heavy (non-hydrogen) atoms. The first kappa shape index (κ1) is 19.3. The van der Waals surface area contributed by atoms with Gasteiger partial charge in [0.05, 0.1) is 6.61 Å². The third kappa shape index (κ3) is 6.08. The SMILES string of the molecule is O=C(CCC1CCN(CCO)CC1)N[C@@H]1CCN(Cc2ccccc2)C1.